The highest BCUT2D eigenvalue weighted by Crippen LogP contribution is 2.33. The van der Waals surface area contributed by atoms with E-state index < -0.39 is 23.2 Å². The molecule has 2 amide bonds. The largest absolute Gasteiger partial charge is 0.378 e. The van der Waals surface area contributed by atoms with Gasteiger partial charge in [0.05, 0.1) is 6.54 Å². The molecule has 0 aliphatic rings. The molecule has 8 heteroatoms. The van der Waals surface area contributed by atoms with Crippen LogP contribution >= 0.6 is 22.7 Å². The van der Waals surface area contributed by atoms with Crippen LogP contribution in [-0.2, 0) is 15.2 Å². The zero-order chi connectivity index (χ0) is 18.6. The first-order valence-corrected chi connectivity index (χ1v) is 9.45. The van der Waals surface area contributed by atoms with Crippen molar-refractivity contribution in [2.45, 2.75) is 5.60 Å². The molecule has 0 saturated carbocycles. The fourth-order valence-electron chi connectivity index (χ4n) is 2.39. The molecule has 0 radical (unpaired) electrons. The van der Waals surface area contributed by atoms with E-state index in [1.165, 1.54) is 40.9 Å². The first-order valence-electron chi connectivity index (χ1n) is 7.63. The Balaban J connectivity index is 1.69. The number of carbonyl (C=O) groups is 2. The molecule has 0 saturated heterocycles. The van der Waals surface area contributed by atoms with E-state index in [-0.39, 0.29) is 12.2 Å². The van der Waals surface area contributed by atoms with Gasteiger partial charge < -0.3 is 15.7 Å². The third-order valence-electron chi connectivity index (χ3n) is 3.72. The van der Waals surface area contributed by atoms with Gasteiger partial charge in [-0.05, 0) is 46.5 Å². The van der Waals surface area contributed by atoms with Crippen LogP contribution in [0.5, 0.6) is 0 Å². The molecule has 1 unspecified atom stereocenters. The van der Waals surface area contributed by atoms with E-state index in [0.29, 0.717) is 10.4 Å². The van der Waals surface area contributed by atoms with E-state index in [2.05, 4.69) is 10.6 Å². The Morgan fingerprint density at radius 2 is 1.96 bits per heavy atom. The summed E-state index contributed by atoms with van der Waals surface area (Å²) in [4.78, 5) is 24.7. The van der Waals surface area contributed by atoms with Gasteiger partial charge in [-0.3, -0.25) is 9.59 Å². The number of hydrogen-bond donors (Lipinski definition) is 3. The van der Waals surface area contributed by atoms with Crippen molar-refractivity contribution in [3.05, 3.63) is 74.9 Å². The first-order chi connectivity index (χ1) is 12.5. The van der Waals surface area contributed by atoms with Gasteiger partial charge in [-0.2, -0.15) is 11.3 Å². The number of rotatable bonds is 5. The minimum Gasteiger partial charge on any atom is -0.378 e. The maximum atomic E-state index is 13.2. The van der Waals surface area contributed by atoms with Gasteiger partial charge in [0, 0.05) is 16.1 Å². The minimum atomic E-state index is -1.43. The van der Waals surface area contributed by atoms with Crippen LogP contribution in [0.3, 0.4) is 0 Å². The molecule has 2 aromatic heterocycles. The monoisotopic (exact) mass is 390 g/mol. The summed E-state index contributed by atoms with van der Waals surface area (Å²) in [5.74, 6) is -2.37. The van der Waals surface area contributed by atoms with Gasteiger partial charge in [0.1, 0.15) is 11.4 Å². The van der Waals surface area contributed by atoms with Crippen LogP contribution < -0.4 is 10.6 Å². The van der Waals surface area contributed by atoms with Crippen molar-refractivity contribution in [3.8, 4) is 0 Å². The van der Waals surface area contributed by atoms with Crippen molar-refractivity contribution in [2.24, 2.45) is 0 Å². The first kappa shape index (κ1) is 18.2. The number of aliphatic hydroxyl groups is 1. The molecule has 3 N–H and O–H groups in total. The summed E-state index contributed by atoms with van der Waals surface area (Å²) < 4.78 is 13.2. The van der Waals surface area contributed by atoms with Crippen LogP contribution in [-0.4, -0.2) is 23.5 Å². The Morgan fingerprint density at radius 3 is 2.62 bits per heavy atom. The van der Waals surface area contributed by atoms with Gasteiger partial charge in [0.25, 0.3) is 0 Å². The fraction of sp³-hybridized carbons (Fsp3) is 0.111. The van der Waals surface area contributed by atoms with E-state index in [4.69, 9.17) is 0 Å². The van der Waals surface area contributed by atoms with Crippen LogP contribution in [0.15, 0.2) is 58.6 Å². The number of halogens is 1. The van der Waals surface area contributed by atoms with Crippen molar-refractivity contribution >= 4 is 40.2 Å². The van der Waals surface area contributed by atoms with E-state index in [1.54, 1.807) is 23.6 Å². The Morgan fingerprint density at radius 1 is 1.12 bits per heavy atom. The molecule has 0 bridgehead atoms. The van der Waals surface area contributed by atoms with Gasteiger partial charge in [-0.25, -0.2) is 4.39 Å². The Labute approximate surface area is 157 Å². The van der Waals surface area contributed by atoms with E-state index in [9.17, 15) is 19.1 Å². The normalized spacial score (nSPS) is 13.0. The van der Waals surface area contributed by atoms with Crippen molar-refractivity contribution in [1.82, 2.24) is 5.32 Å². The van der Waals surface area contributed by atoms with Crippen molar-refractivity contribution < 1.29 is 19.1 Å². The lowest BCUT2D eigenvalue weighted by Crippen LogP contribution is -2.44. The summed E-state index contributed by atoms with van der Waals surface area (Å²) in [7, 11) is 0. The minimum absolute atomic E-state index is 0.167. The average molecular weight is 390 g/mol. The zero-order valence-electron chi connectivity index (χ0n) is 13.4. The Bertz CT molecular complexity index is 861. The number of thiophene rings is 2. The van der Waals surface area contributed by atoms with Crippen LogP contribution in [0.1, 0.15) is 10.4 Å². The van der Waals surface area contributed by atoms with Crippen molar-refractivity contribution in [2.75, 3.05) is 11.9 Å². The SMILES string of the molecule is O=C(NCC(O)(c1ccsc1)c1cccs1)C(=O)Nc1cccc(F)c1. The molecule has 3 aromatic rings. The van der Waals surface area contributed by atoms with Crippen LogP contribution in [0, 0.1) is 5.82 Å². The standard InChI is InChI=1S/C18H15FN2O3S2/c19-13-3-1-4-14(9-13)21-17(23)16(22)20-11-18(24,12-6-8-25-10-12)15-5-2-7-26-15/h1-10,24H,11H2,(H,20,22)(H,21,23). The number of nitrogens with one attached hydrogen (secondary N) is 2. The van der Waals surface area contributed by atoms with Crippen LogP contribution in [0.4, 0.5) is 10.1 Å². The molecule has 1 aromatic carbocycles. The van der Waals surface area contributed by atoms with Gasteiger partial charge in [-0.15, -0.1) is 11.3 Å². The molecular weight excluding hydrogens is 375 g/mol. The Kier molecular flexibility index (Phi) is 5.46. The summed E-state index contributed by atoms with van der Waals surface area (Å²) in [5, 5.41) is 21.3. The predicted molar refractivity (Wildman–Crippen MR) is 99.7 cm³/mol. The highest BCUT2D eigenvalue weighted by Gasteiger charge is 2.34. The quantitative estimate of drug-likeness (QED) is 0.586. The van der Waals surface area contributed by atoms with E-state index in [1.807, 2.05) is 10.8 Å². The number of carbonyl (C=O) groups excluding carboxylic acids is 2. The van der Waals surface area contributed by atoms with Crippen molar-refractivity contribution in [3.63, 3.8) is 0 Å². The second-order valence-corrected chi connectivity index (χ2v) is 7.22. The summed E-state index contributed by atoms with van der Waals surface area (Å²) in [6.07, 6.45) is 0. The Hall–Kier alpha value is -2.55. The third kappa shape index (κ3) is 3.98. The third-order valence-corrected chi connectivity index (χ3v) is 5.43. The predicted octanol–water partition coefficient (Wildman–Crippen LogP) is 2.94. The van der Waals surface area contributed by atoms with Gasteiger partial charge in [0.2, 0.25) is 0 Å². The molecule has 2 heterocycles. The highest BCUT2D eigenvalue weighted by atomic mass is 32.1. The zero-order valence-corrected chi connectivity index (χ0v) is 15.1. The second kappa shape index (κ2) is 7.77. The number of hydrogen-bond acceptors (Lipinski definition) is 5. The molecular formula is C18H15FN2O3S2. The summed E-state index contributed by atoms with van der Waals surface area (Å²) in [6, 6.07) is 10.6. The molecule has 1 atom stereocenters. The van der Waals surface area contributed by atoms with Crippen molar-refractivity contribution in [1.29, 1.82) is 0 Å². The number of benzene rings is 1. The molecule has 5 nitrogen and oxygen atoms in total. The lowest BCUT2D eigenvalue weighted by atomic mass is 9.94. The maximum absolute atomic E-state index is 13.2. The summed E-state index contributed by atoms with van der Waals surface area (Å²) >= 11 is 2.78. The molecule has 0 spiro atoms. The molecule has 134 valence electrons. The van der Waals surface area contributed by atoms with Gasteiger partial charge in [-0.1, -0.05) is 12.1 Å². The topological polar surface area (TPSA) is 78.4 Å². The lowest BCUT2D eigenvalue weighted by molar-refractivity contribution is -0.136. The average Bonchev–Trinajstić information content (AvgIpc) is 3.33. The van der Waals surface area contributed by atoms with Gasteiger partial charge in [0.15, 0.2) is 0 Å². The summed E-state index contributed by atoms with van der Waals surface area (Å²) in [5.41, 5.74) is -0.615. The van der Waals surface area contributed by atoms with E-state index in [0.717, 1.165) is 6.07 Å². The molecule has 0 aliphatic carbocycles. The smallest absolute Gasteiger partial charge is 0.313 e. The van der Waals surface area contributed by atoms with E-state index >= 15 is 0 Å². The number of anilines is 1. The molecule has 0 fully saturated rings. The van der Waals surface area contributed by atoms with Gasteiger partial charge >= 0.3 is 11.8 Å². The van der Waals surface area contributed by atoms with Crippen LogP contribution in [0.25, 0.3) is 0 Å². The number of amides is 2. The molecule has 26 heavy (non-hydrogen) atoms. The highest BCUT2D eigenvalue weighted by molar-refractivity contribution is 7.10. The lowest BCUT2D eigenvalue weighted by Gasteiger charge is -2.26. The second-order valence-electron chi connectivity index (χ2n) is 5.50. The van der Waals surface area contributed by atoms with Crippen LogP contribution in [0.2, 0.25) is 0 Å². The maximum Gasteiger partial charge on any atom is 0.313 e. The molecule has 0 aliphatic heterocycles. The summed E-state index contributed by atoms with van der Waals surface area (Å²) in [6.45, 7) is -0.167. The fourth-order valence-corrected chi connectivity index (χ4v) is 3.96. The molecule has 3 rings (SSSR count).